The summed E-state index contributed by atoms with van der Waals surface area (Å²) in [5, 5.41) is 0. The van der Waals surface area contributed by atoms with Crippen LogP contribution in [0.25, 0.3) is 0 Å². The zero-order valence-electron chi connectivity index (χ0n) is 4.27. The third-order valence-electron chi connectivity index (χ3n) is 1.03. The van der Waals surface area contributed by atoms with Gasteiger partial charge in [-0.05, 0) is 6.08 Å². The molecule has 0 amide bonds. The van der Waals surface area contributed by atoms with Crippen LogP contribution < -0.4 is 0 Å². The number of alkyl halides is 1. The number of halogens is 2. The Hall–Kier alpha value is -0.110. The van der Waals surface area contributed by atoms with E-state index in [-0.39, 0.29) is 0 Å². The molecule has 44 valence electrons. The maximum Gasteiger partial charge on any atom is 0.135 e. The standard InChI is InChI=1S/C6H6BrF/c7-5-3-1-2-4-6(5)8/h1-3,6H,4H2. The van der Waals surface area contributed by atoms with Crippen LogP contribution in [0.5, 0.6) is 0 Å². The lowest BCUT2D eigenvalue weighted by Crippen LogP contribution is -1.99. The fourth-order valence-electron chi connectivity index (χ4n) is 0.575. The Balaban J connectivity index is 2.66. The molecule has 0 aromatic heterocycles. The van der Waals surface area contributed by atoms with Crippen LogP contribution in [0.4, 0.5) is 4.39 Å². The van der Waals surface area contributed by atoms with Crippen molar-refractivity contribution >= 4 is 15.9 Å². The molecule has 0 aromatic rings. The smallest absolute Gasteiger partial charge is 0.135 e. The maximum atomic E-state index is 12.4. The normalized spacial score (nSPS) is 27.8. The van der Waals surface area contributed by atoms with Crippen LogP contribution >= 0.6 is 15.9 Å². The van der Waals surface area contributed by atoms with Crippen LogP contribution in [0.2, 0.25) is 0 Å². The van der Waals surface area contributed by atoms with E-state index in [1.807, 2.05) is 12.2 Å². The molecule has 0 heterocycles. The van der Waals surface area contributed by atoms with Crippen molar-refractivity contribution in [2.45, 2.75) is 12.6 Å². The Kier molecular flexibility index (Phi) is 1.84. The third kappa shape index (κ3) is 1.19. The highest BCUT2D eigenvalue weighted by Crippen LogP contribution is 2.20. The van der Waals surface area contributed by atoms with Gasteiger partial charge in [0.2, 0.25) is 0 Å². The van der Waals surface area contributed by atoms with Crippen LogP contribution in [0.1, 0.15) is 6.42 Å². The predicted octanol–water partition coefficient (Wildman–Crippen LogP) is 2.56. The van der Waals surface area contributed by atoms with E-state index < -0.39 is 6.17 Å². The Morgan fingerprint density at radius 2 is 2.50 bits per heavy atom. The van der Waals surface area contributed by atoms with E-state index in [0.717, 1.165) is 0 Å². The molecule has 1 unspecified atom stereocenters. The molecule has 1 aliphatic rings. The van der Waals surface area contributed by atoms with Gasteiger partial charge in [-0.25, -0.2) is 4.39 Å². The first-order valence-electron chi connectivity index (χ1n) is 2.47. The molecule has 0 fully saturated rings. The second kappa shape index (κ2) is 2.44. The lowest BCUT2D eigenvalue weighted by atomic mass is 10.2. The van der Waals surface area contributed by atoms with E-state index in [1.165, 1.54) is 0 Å². The number of hydrogen-bond acceptors (Lipinski definition) is 0. The number of rotatable bonds is 0. The zero-order chi connectivity index (χ0) is 5.98. The van der Waals surface area contributed by atoms with Gasteiger partial charge in [0.1, 0.15) is 6.17 Å². The van der Waals surface area contributed by atoms with Crippen LogP contribution in [-0.2, 0) is 0 Å². The first-order valence-corrected chi connectivity index (χ1v) is 3.26. The van der Waals surface area contributed by atoms with Crippen molar-refractivity contribution in [3.63, 3.8) is 0 Å². The van der Waals surface area contributed by atoms with E-state index in [2.05, 4.69) is 15.9 Å². The first-order chi connectivity index (χ1) is 3.80. The van der Waals surface area contributed by atoms with Gasteiger partial charge in [-0.15, -0.1) is 0 Å². The molecule has 8 heavy (non-hydrogen) atoms. The maximum absolute atomic E-state index is 12.4. The molecule has 1 atom stereocenters. The summed E-state index contributed by atoms with van der Waals surface area (Å²) in [6, 6.07) is 0. The molecular weight excluding hydrogens is 171 g/mol. The van der Waals surface area contributed by atoms with Gasteiger partial charge in [0.25, 0.3) is 0 Å². The average molecular weight is 177 g/mol. The average Bonchev–Trinajstić information content (AvgIpc) is 1.77. The summed E-state index contributed by atoms with van der Waals surface area (Å²) in [4.78, 5) is 0. The highest BCUT2D eigenvalue weighted by atomic mass is 79.9. The fraction of sp³-hybridized carbons (Fsp3) is 0.333. The van der Waals surface area contributed by atoms with Crippen molar-refractivity contribution in [2.75, 3.05) is 0 Å². The van der Waals surface area contributed by atoms with Crippen molar-refractivity contribution in [1.82, 2.24) is 0 Å². The molecule has 0 aliphatic heterocycles. The Morgan fingerprint density at radius 1 is 1.75 bits per heavy atom. The molecule has 0 bridgehead atoms. The first kappa shape index (κ1) is 6.02. The topological polar surface area (TPSA) is 0 Å². The van der Waals surface area contributed by atoms with Crippen LogP contribution in [0, 0.1) is 0 Å². The lowest BCUT2D eigenvalue weighted by molar-refractivity contribution is 0.397. The molecule has 0 N–H and O–H groups in total. The van der Waals surface area contributed by atoms with E-state index in [1.54, 1.807) is 6.08 Å². The Bertz CT molecular complexity index is 137. The summed E-state index contributed by atoms with van der Waals surface area (Å²) in [6.07, 6.45) is 5.10. The van der Waals surface area contributed by atoms with E-state index >= 15 is 0 Å². The summed E-state index contributed by atoms with van der Waals surface area (Å²) in [5.74, 6) is 0. The van der Waals surface area contributed by atoms with Crippen molar-refractivity contribution in [1.29, 1.82) is 0 Å². The number of hydrogen-bond donors (Lipinski definition) is 0. The van der Waals surface area contributed by atoms with Crippen LogP contribution in [0.3, 0.4) is 0 Å². The largest absolute Gasteiger partial charge is 0.241 e. The van der Waals surface area contributed by atoms with Gasteiger partial charge in [-0.1, -0.05) is 28.1 Å². The van der Waals surface area contributed by atoms with Crippen molar-refractivity contribution < 1.29 is 4.39 Å². The summed E-state index contributed by atoms with van der Waals surface area (Å²) in [7, 11) is 0. The van der Waals surface area contributed by atoms with Crippen LogP contribution in [0.15, 0.2) is 22.7 Å². The van der Waals surface area contributed by atoms with Gasteiger partial charge in [0.05, 0.1) is 0 Å². The highest BCUT2D eigenvalue weighted by molar-refractivity contribution is 9.11. The monoisotopic (exact) mass is 176 g/mol. The summed E-state index contributed by atoms with van der Waals surface area (Å²) in [5.41, 5.74) is 0. The zero-order valence-corrected chi connectivity index (χ0v) is 5.86. The van der Waals surface area contributed by atoms with E-state index in [4.69, 9.17) is 0 Å². The second-order valence-corrected chi connectivity index (χ2v) is 2.60. The minimum absolute atomic E-state index is 0.511. The molecule has 0 radical (unpaired) electrons. The van der Waals surface area contributed by atoms with E-state index in [0.29, 0.717) is 10.9 Å². The molecular formula is C6H6BrF. The quantitative estimate of drug-likeness (QED) is 0.533. The van der Waals surface area contributed by atoms with Gasteiger partial charge >= 0.3 is 0 Å². The molecule has 1 rings (SSSR count). The summed E-state index contributed by atoms with van der Waals surface area (Å²) in [6.45, 7) is 0. The molecule has 0 saturated heterocycles. The van der Waals surface area contributed by atoms with Gasteiger partial charge in [0, 0.05) is 10.9 Å². The predicted molar refractivity (Wildman–Crippen MR) is 35.7 cm³/mol. The molecule has 0 nitrogen and oxygen atoms in total. The fourth-order valence-corrected chi connectivity index (χ4v) is 0.915. The SMILES string of the molecule is FC1CC=CC=C1Br. The summed E-state index contributed by atoms with van der Waals surface area (Å²) >= 11 is 3.09. The van der Waals surface area contributed by atoms with Crippen molar-refractivity contribution in [3.8, 4) is 0 Å². The molecule has 1 aliphatic carbocycles. The minimum atomic E-state index is -0.806. The molecule has 2 heteroatoms. The summed E-state index contributed by atoms with van der Waals surface area (Å²) < 4.78 is 13.1. The number of allylic oxidation sites excluding steroid dienone is 4. The van der Waals surface area contributed by atoms with Gasteiger partial charge in [-0.2, -0.15) is 0 Å². The molecule has 0 spiro atoms. The van der Waals surface area contributed by atoms with Crippen molar-refractivity contribution in [3.05, 3.63) is 22.7 Å². The van der Waals surface area contributed by atoms with Gasteiger partial charge in [0.15, 0.2) is 0 Å². The second-order valence-electron chi connectivity index (χ2n) is 1.68. The molecule has 0 saturated carbocycles. The Morgan fingerprint density at radius 3 is 2.88 bits per heavy atom. The lowest BCUT2D eigenvalue weighted by Gasteiger charge is -2.05. The Labute approximate surface area is 56.2 Å². The van der Waals surface area contributed by atoms with Crippen molar-refractivity contribution in [2.24, 2.45) is 0 Å². The van der Waals surface area contributed by atoms with Gasteiger partial charge in [-0.3, -0.25) is 0 Å². The third-order valence-corrected chi connectivity index (χ3v) is 1.79. The highest BCUT2D eigenvalue weighted by Gasteiger charge is 2.08. The van der Waals surface area contributed by atoms with Gasteiger partial charge < -0.3 is 0 Å². The van der Waals surface area contributed by atoms with Crippen LogP contribution in [-0.4, -0.2) is 6.17 Å². The minimum Gasteiger partial charge on any atom is -0.241 e. The molecule has 0 aromatic carbocycles. The van der Waals surface area contributed by atoms with E-state index in [9.17, 15) is 4.39 Å².